The number of nitrogens with zero attached hydrogens (tertiary/aromatic N) is 1. The third-order valence-corrected chi connectivity index (χ3v) is 5.28. The summed E-state index contributed by atoms with van der Waals surface area (Å²) in [6.45, 7) is 0.330. The van der Waals surface area contributed by atoms with Crippen molar-refractivity contribution in [3.8, 4) is 0 Å². The van der Waals surface area contributed by atoms with Crippen molar-refractivity contribution in [3.05, 3.63) is 24.0 Å². The van der Waals surface area contributed by atoms with E-state index in [-0.39, 0.29) is 22.6 Å². The van der Waals surface area contributed by atoms with Crippen molar-refractivity contribution >= 4 is 15.7 Å². The van der Waals surface area contributed by atoms with Gasteiger partial charge in [-0.05, 0) is 37.0 Å². The molecule has 3 N–H and O–H groups in total. The van der Waals surface area contributed by atoms with Crippen LogP contribution in [0.15, 0.2) is 23.1 Å². The number of hydrogen-bond donors (Lipinski definition) is 2. The minimum absolute atomic E-state index is 0.0868. The van der Waals surface area contributed by atoms with Gasteiger partial charge in [-0.25, -0.2) is 17.1 Å². The lowest BCUT2D eigenvalue weighted by atomic mass is 9.82. The van der Waals surface area contributed by atoms with Crippen molar-refractivity contribution in [3.63, 3.8) is 0 Å². The largest absolute Gasteiger partial charge is 0.398 e. The van der Waals surface area contributed by atoms with Crippen molar-refractivity contribution in [2.45, 2.75) is 23.8 Å². The van der Waals surface area contributed by atoms with E-state index in [1.54, 1.807) is 0 Å². The SMILES string of the molecule is CN(CC1CC(O)C1)S(=O)(=O)c1ccc(F)cc1N. The molecule has 0 unspecified atom stereocenters. The molecule has 1 aliphatic rings. The number of benzene rings is 1. The van der Waals surface area contributed by atoms with Gasteiger partial charge in [-0.15, -0.1) is 0 Å². The van der Waals surface area contributed by atoms with Crippen LogP contribution in [-0.2, 0) is 10.0 Å². The third-order valence-electron chi connectivity index (χ3n) is 3.39. The lowest BCUT2D eigenvalue weighted by molar-refractivity contribution is 0.0367. The summed E-state index contributed by atoms with van der Waals surface area (Å²) in [7, 11) is -2.25. The number of nitrogen functional groups attached to an aromatic ring is 1. The summed E-state index contributed by atoms with van der Waals surface area (Å²) in [5.74, 6) is -0.405. The van der Waals surface area contributed by atoms with E-state index in [0.717, 1.165) is 12.1 Å². The lowest BCUT2D eigenvalue weighted by Crippen LogP contribution is -2.39. The Morgan fingerprint density at radius 1 is 1.47 bits per heavy atom. The molecule has 0 aliphatic heterocycles. The van der Waals surface area contributed by atoms with E-state index in [2.05, 4.69) is 0 Å². The predicted molar refractivity (Wildman–Crippen MR) is 69.4 cm³/mol. The second kappa shape index (κ2) is 5.07. The highest BCUT2D eigenvalue weighted by Gasteiger charge is 2.32. The Morgan fingerprint density at radius 3 is 2.63 bits per heavy atom. The lowest BCUT2D eigenvalue weighted by Gasteiger charge is -2.34. The maximum Gasteiger partial charge on any atom is 0.244 e. The van der Waals surface area contributed by atoms with Crippen molar-refractivity contribution < 1.29 is 17.9 Å². The Morgan fingerprint density at radius 2 is 2.11 bits per heavy atom. The van der Waals surface area contributed by atoms with Crippen LogP contribution in [0.2, 0.25) is 0 Å². The molecule has 7 heteroatoms. The molecule has 0 aromatic heterocycles. The Balaban J connectivity index is 2.16. The second-order valence-corrected chi connectivity index (χ2v) is 6.97. The molecule has 0 radical (unpaired) electrons. The zero-order valence-electron chi connectivity index (χ0n) is 10.6. The number of hydrogen-bond acceptors (Lipinski definition) is 4. The van der Waals surface area contributed by atoms with Gasteiger partial charge in [0.25, 0.3) is 0 Å². The fourth-order valence-electron chi connectivity index (χ4n) is 2.23. The molecule has 1 aromatic carbocycles. The summed E-state index contributed by atoms with van der Waals surface area (Å²) >= 11 is 0. The zero-order chi connectivity index (χ0) is 14.2. The Kier molecular flexibility index (Phi) is 3.80. The monoisotopic (exact) mass is 288 g/mol. The molecule has 19 heavy (non-hydrogen) atoms. The quantitative estimate of drug-likeness (QED) is 0.803. The van der Waals surface area contributed by atoms with Crippen LogP contribution in [0.4, 0.5) is 10.1 Å². The topological polar surface area (TPSA) is 83.6 Å². The number of sulfonamides is 1. The number of halogens is 1. The summed E-state index contributed by atoms with van der Waals surface area (Å²) in [5, 5.41) is 9.20. The predicted octanol–water partition coefficient (Wildman–Crippen LogP) is 0.799. The number of nitrogens with two attached hydrogens (primary N) is 1. The third kappa shape index (κ3) is 2.88. The molecular weight excluding hydrogens is 271 g/mol. The number of anilines is 1. The van der Waals surface area contributed by atoms with Crippen LogP contribution in [0.25, 0.3) is 0 Å². The molecule has 0 amide bonds. The van der Waals surface area contributed by atoms with Gasteiger partial charge in [0.05, 0.1) is 11.8 Å². The Hall–Kier alpha value is -1.18. The summed E-state index contributed by atoms with van der Waals surface area (Å²) in [6.07, 6.45) is 0.898. The molecule has 2 rings (SSSR count). The van der Waals surface area contributed by atoms with Crippen LogP contribution < -0.4 is 5.73 Å². The van der Waals surface area contributed by atoms with Gasteiger partial charge in [-0.3, -0.25) is 0 Å². The zero-order valence-corrected chi connectivity index (χ0v) is 11.4. The van der Waals surface area contributed by atoms with E-state index in [4.69, 9.17) is 5.73 Å². The molecule has 1 aliphatic carbocycles. The fourth-order valence-corrected chi connectivity index (χ4v) is 3.57. The first-order valence-corrected chi connectivity index (χ1v) is 7.44. The molecule has 0 bridgehead atoms. The molecule has 0 saturated heterocycles. The van der Waals surface area contributed by atoms with Crippen molar-refractivity contribution in [2.75, 3.05) is 19.3 Å². The molecule has 0 spiro atoms. The van der Waals surface area contributed by atoms with Gasteiger partial charge in [0.15, 0.2) is 0 Å². The van der Waals surface area contributed by atoms with E-state index < -0.39 is 15.8 Å². The van der Waals surface area contributed by atoms with Crippen LogP contribution in [0.5, 0.6) is 0 Å². The Bertz CT molecular complexity index is 570. The van der Waals surface area contributed by atoms with E-state index in [9.17, 15) is 17.9 Å². The molecule has 1 aromatic rings. The average molecular weight is 288 g/mol. The minimum atomic E-state index is -3.72. The van der Waals surface area contributed by atoms with E-state index >= 15 is 0 Å². The number of aliphatic hydroxyl groups excluding tert-OH is 1. The molecule has 0 heterocycles. The van der Waals surface area contributed by atoms with E-state index in [0.29, 0.717) is 19.4 Å². The van der Waals surface area contributed by atoms with Gasteiger partial charge in [0.2, 0.25) is 10.0 Å². The number of aliphatic hydroxyl groups is 1. The van der Waals surface area contributed by atoms with Crippen molar-refractivity contribution in [2.24, 2.45) is 5.92 Å². The van der Waals surface area contributed by atoms with E-state index in [1.165, 1.54) is 17.4 Å². The molecule has 5 nitrogen and oxygen atoms in total. The fraction of sp³-hybridized carbons (Fsp3) is 0.500. The normalized spacial score (nSPS) is 23.4. The van der Waals surface area contributed by atoms with Crippen LogP contribution in [-0.4, -0.2) is 37.5 Å². The van der Waals surface area contributed by atoms with Crippen LogP contribution >= 0.6 is 0 Å². The number of rotatable bonds is 4. The average Bonchev–Trinajstić information content (AvgIpc) is 2.26. The second-order valence-electron chi connectivity index (χ2n) is 4.96. The highest BCUT2D eigenvalue weighted by molar-refractivity contribution is 7.89. The molecule has 106 valence electrons. The van der Waals surface area contributed by atoms with Gasteiger partial charge >= 0.3 is 0 Å². The first kappa shape index (κ1) is 14.2. The molecule has 0 atom stereocenters. The maximum absolute atomic E-state index is 12.9. The van der Waals surface area contributed by atoms with Gasteiger partial charge in [0, 0.05) is 13.6 Å². The molecular formula is C12H17FN2O3S. The summed E-state index contributed by atoms with van der Waals surface area (Å²) in [5.41, 5.74) is 5.46. The van der Waals surface area contributed by atoms with Gasteiger partial charge < -0.3 is 10.8 Å². The van der Waals surface area contributed by atoms with Crippen LogP contribution in [0, 0.1) is 11.7 Å². The van der Waals surface area contributed by atoms with Gasteiger partial charge in [0.1, 0.15) is 10.7 Å². The highest BCUT2D eigenvalue weighted by Crippen LogP contribution is 2.30. The Labute approximate surface area is 111 Å². The molecule has 1 saturated carbocycles. The summed E-state index contributed by atoms with van der Waals surface area (Å²) < 4.78 is 38.7. The highest BCUT2D eigenvalue weighted by atomic mass is 32.2. The van der Waals surface area contributed by atoms with Crippen LogP contribution in [0.3, 0.4) is 0 Å². The van der Waals surface area contributed by atoms with Crippen molar-refractivity contribution in [1.29, 1.82) is 0 Å². The van der Waals surface area contributed by atoms with E-state index in [1.807, 2.05) is 0 Å². The summed E-state index contributed by atoms with van der Waals surface area (Å²) in [6, 6.07) is 3.24. The summed E-state index contributed by atoms with van der Waals surface area (Å²) in [4.78, 5) is -0.0868. The minimum Gasteiger partial charge on any atom is -0.398 e. The van der Waals surface area contributed by atoms with Gasteiger partial charge in [-0.1, -0.05) is 0 Å². The van der Waals surface area contributed by atoms with Gasteiger partial charge in [-0.2, -0.15) is 0 Å². The maximum atomic E-state index is 12.9. The van der Waals surface area contributed by atoms with Crippen molar-refractivity contribution in [1.82, 2.24) is 4.31 Å². The first-order valence-electron chi connectivity index (χ1n) is 6.00. The molecule has 1 fully saturated rings. The van der Waals surface area contributed by atoms with Crippen LogP contribution in [0.1, 0.15) is 12.8 Å². The first-order chi connectivity index (χ1) is 8.80. The smallest absolute Gasteiger partial charge is 0.244 e. The standard InChI is InChI=1S/C12H17FN2O3S/c1-15(7-8-4-10(16)5-8)19(17,18)12-3-2-9(13)6-11(12)14/h2-3,6,8,10,16H,4-5,7,14H2,1H3.